The van der Waals surface area contributed by atoms with Crippen LogP contribution in [0.25, 0.3) is 0 Å². The monoisotopic (exact) mass is 280 g/mol. The van der Waals surface area contributed by atoms with E-state index in [1.54, 1.807) is 4.90 Å². The topological polar surface area (TPSA) is 32.1 Å². The molecule has 0 radical (unpaired) electrons. The highest BCUT2D eigenvalue weighted by Gasteiger charge is 2.25. The number of morpholine rings is 1. The lowest BCUT2D eigenvalue weighted by Crippen LogP contribution is -3.16. The van der Waals surface area contributed by atoms with Gasteiger partial charge in [-0.05, 0) is 32.9 Å². The molecule has 0 saturated carbocycles. The molecule has 1 fully saturated rings. The van der Waals surface area contributed by atoms with Crippen LogP contribution in [0.4, 0.5) is 0 Å². The Bertz CT molecular complexity index is 400. The van der Waals surface area contributed by atoms with Gasteiger partial charge in [-0.15, -0.1) is 0 Å². The highest BCUT2D eigenvalue weighted by atomic mass is 16.5. The molecule has 4 heteroatoms. The van der Waals surface area contributed by atoms with E-state index in [0.29, 0.717) is 25.4 Å². The summed E-state index contributed by atoms with van der Waals surface area (Å²) in [5.74, 6) is 1.66. The molecule has 0 spiro atoms. The van der Waals surface area contributed by atoms with Crippen molar-refractivity contribution in [2.75, 3.05) is 32.8 Å². The molecule has 2 rings (SSSR count). The van der Waals surface area contributed by atoms with E-state index in [0.717, 1.165) is 31.1 Å². The van der Waals surface area contributed by atoms with Crippen LogP contribution in [-0.4, -0.2) is 45.1 Å². The van der Waals surface area contributed by atoms with Crippen LogP contribution < -0.4 is 14.4 Å². The van der Waals surface area contributed by atoms with E-state index in [-0.39, 0.29) is 0 Å². The number of benzene rings is 1. The smallest absolute Gasteiger partial charge is 0.161 e. The zero-order valence-electron chi connectivity index (χ0n) is 12.7. The lowest BCUT2D eigenvalue weighted by Gasteiger charge is -2.32. The molecule has 1 aliphatic rings. The second-order valence-corrected chi connectivity index (χ2v) is 5.39. The summed E-state index contributed by atoms with van der Waals surface area (Å²) < 4.78 is 17.2. The van der Waals surface area contributed by atoms with Gasteiger partial charge in [0, 0.05) is 0 Å². The predicted octanol–water partition coefficient (Wildman–Crippen LogP) is 1.16. The molecule has 0 unspecified atom stereocenters. The average Bonchev–Trinajstić information content (AvgIpc) is 2.40. The largest absolute Gasteiger partial charge is 0.490 e. The van der Waals surface area contributed by atoms with Crippen LogP contribution in [0.5, 0.6) is 11.5 Å². The van der Waals surface area contributed by atoms with Gasteiger partial charge in [0.1, 0.15) is 38.4 Å². The first kappa shape index (κ1) is 15.1. The summed E-state index contributed by atoms with van der Waals surface area (Å²) in [7, 11) is 0. The van der Waals surface area contributed by atoms with Crippen LogP contribution in [0.15, 0.2) is 24.3 Å². The Labute approximate surface area is 121 Å². The summed E-state index contributed by atoms with van der Waals surface area (Å²) in [6, 6.07) is 7.85. The van der Waals surface area contributed by atoms with Crippen LogP contribution in [-0.2, 0) is 4.74 Å². The summed E-state index contributed by atoms with van der Waals surface area (Å²) in [6.45, 7) is 10.7. The van der Waals surface area contributed by atoms with Crippen molar-refractivity contribution in [2.45, 2.75) is 33.0 Å². The van der Waals surface area contributed by atoms with Crippen molar-refractivity contribution >= 4 is 0 Å². The molecule has 0 aromatic heterocycles. The van der Waals surface area contributed by atoms with Gasteiger partial charge in [-0.1, -0.05) is 12.1 Å². The van der Waals surface area contributed by atoms with Crippen LogP contribution in [0.3, 0.4) is 0 Å². The molecule has 20 heavy (non-hydrogen) atoms. The van der Waals surface area contributed by atoms with Crippen LogP contribution in [0, 0.1) is 0 Å². The van der Waals surface area contributed by atoms with E-state index in [1.807, 2.05) is 31.2 Å². The number of hydrogen-bond acceptors (Lipinski definition) is 3. The molecular weight excluding hydrogens is 254 g/mol. The summed E-state index contributed by atoms with van der Waals surface area (Å²) >= 11 is 0. The fraction of sp³-hybridized carbons (Fsp3) is 0.625. The van der Waals surface area contributed by atoms with Gasteiger partial charge in [-0.25, -0.2) is 0 Å². The minimum Gasteiger partial charge on any atom is -0.490 e. The number of quaternary nitrogens is 1. The molecule has 1 aromatic rings. The molecular formula is C16H26NO3+. The van der Waals surface area contributed by atoms with Crippen molar-refractivity contribution in [1.82, 2.24) is 0 Å². The number of ether oxygens (including phenoxy) is 3. The van der Waals surface area contributed by atoms with Crippen molar-refractivity contribution in [2.24, 2.45) is 0 Å². The van der Waals surface area contributed by atoms with E-state index < -0.39 is 0 Å². The summed E-state index contributed by atoms with van der Waals surface area (Å²) in [5.41, 5.74) is 0. The van der Waals surface area contributed by atoms with Crippen molar-refractivity contribution in [1.29, 1.82) is 0 Å². The van der Waals surface area contributed by atoms with Crippen molar-refractivity contribution in [3.63, 3.8) is 0 Å². The van der Waals surface area contributed by atoms with E-state index in [4.69, 9.17) is 14.2 Å². The van der Waals surface area contributed by atoms with Gasteiger partial charge in [0.15, 0.2) is 11.5 Å². The Kier molecular flexibility index (Phi) is 5.68. The van der Waals surface area contributed by atoms with Gasteiger partial charge >= 0.3 is 0 Å². The second-order valence-electron chi connectivity index (χ2n) is 5.39. The maximum absolute atomic E-state index is 5.88. The molecule has 0 bridgehead atoms. The molecule has 1 aromatic carbocycles. The first-order chi connectivity index (χ1) is 9.69. The molecule has 112 valence electrons. The molecule has 1 aliphatic heterocycles. The summed E-state index contributed by atoms with van der Waals surface area (Å²) in [6.07, 6.45) is 0.675. The number of hydrogen-bond donors (Lipinski definition) is 1. The average molecular weight is 280 g/mol. The van der Waals surface area contributed by atoms with Gasteiger partial charge in [0.05, 0.1) is 6.61 Å². The normalized spacial score (nSPS) is 26.2. The quantitative estimate of drug-likeness (QED) is 0.848. The first-order valence-corrected chi connectivity index (χ1v) is 7.52. The van der Waals surface area contributed by atoms with E-state index in [2.05, 4.69) is 13.8 Å². The zero-order valence-corrected chi connectivity index (χ0v) is 12.7. The van der Waals surface area contributed by atoms with E-state index in [1.165, 1.54) is 0 Å². The van der Waals surface area contributed by atoms with Crippen LogP contribution in [0.2, 0.25) is 0 Å². The highest BCUT2D eigenvalue weighted by molar-refractivity contribution is 5.39. The van der Waals surface area contributed by atoms with Crippen LogP contribution in [0.1, 0.15) is 20.8 Å². The fourth-order valence-corrected chi connectivity index (χ4v) is 2.74. The zero-order chi connectivity index (χ0) is 14.4. The minimum atomic E-state index is 0.337. The molecule has 4 nitrogen and oxygen atoms in total. The van der Waals surface area contributed by atoms with Gasteiger partial charge in [-0.3, -0.25) is 0 Å². The van der Waals surface area contributed by atoms with Gasteiger partial charge in [0.25, 0.3) is 0 Å². The molecule has 1 N–H and O–H groups in total. The lowest BCUT2D eigenvalue weighted by molar-refractivity contribution is -0.915. The maximum atomic E-state index is 5.88. The van der Waals surface area contributed by atoms with Gasteiger partial charge in [0.2, 0.25) is 0 Å². The van der Waals surface area contributed by atoms with Gasteiger partial charge in [-0.2, -0.15) is 0 Å². The third-order valence-corrected chi connectivity index (χ3v) is 3.48. The number of nitrogens with one attached hydrogen (secondary N) is 1. The van der Waals surface area contributed by atoms with Gasteiger partial charge < -0.3 is 19.1 Å². The standard InChI is InChI=1S/C16H25NO3/c1-4-18-15-7-5-6-8-16(15)19-10-9-17-11-13(2)20-14(3)12-17/h5-8,13-14H,4,9-12H2,1-3H3/p+1/t13-,14-/m1/s1. The molecule has 1 heterocycles. The summed E-state index contributed by atoms with van der Waals surface area (Å²) in [5, 5.41) is 0. The Morgan fingerprint density at radius 3 is 2.30 bits per heavy atom. The van der Waals surface area contributed by atoms with Crippen LogP contribution >= 0.6 is 0 Å². The molecule has 2 atom stereocenters. The van der Waals surface area contributed by atoms with Crippen molar-refractivity contribution in [3.8, 4) is 11.5 Å². The summed E-state index contributed by atoms with van der Waals surface area (Å²) in [4.78, 5) is 1.55. The molecule has 0 aliphatic carbocycles. The molecule has 1 saturated heterocycles. The Hall–Kier alpha value is -1.26. The van der Waals surface area contributed by atoms with Crippen molar-refractivity contribution < 1.29 is 19.1 Å². The first-order valence-electron chi connectivity index (χ1n) is 7.52. The fourth-order valence-electron chi connectivity index (χ4n) is 2.74. The Morgan fingerprint density at radius 2 is 1.70 bits per heavy atom. The van der Waals surface area contributed by atoms with E-state index >= 15 is 0 Å². The second kappa shape index (κ2) is 7.50. The van der Waals surface area contributed by atoms with Crippen molar-refractivity contribution in [3.05, 3.63) is 24.3 Å². The Morgan fingerprint density at radius 1 is 1.10 bits per heavy atom. The maximum Gasteiger partial charge on any atom is 0.161 e. The minimum absolute atomic E-state index is 0.337. The highest BCUT2D eigenvalue weighted by Crippen LogP contribution is 2.25. The number of para-hydroxylation sites is 2. The number of rotatable bonds is 6. The third-order valence-electron chi connectivity index (χ3n) is 3.48. The SMILES string of the molecule is CCOc1ccccc1OCC[NH+]1C[C@@H](C)O[C@H](C)C1. The lowest BCUT2D eigenvalue weighted by atomic mass is 10.2. The van der Waals surface area contributed by atoms with E-state index in [9.17, 15) is 0 Å². The molecule has 0 amide bonds. The Balaban J connectivity index is 1.81. The third kappa shape index (κ3) is 4.39. The predicted molar refractivity (Wildman–Crippen MR) is 78.7 cm³/mol.